The van der Waals surface area contributed by atoms with Crippen molar-refractivity contribution in [1.82, 2.24) is 9.97 Å². The minimum Gasteiger partial charge on any atom is -0.378 e. The molecule has 2 aromatic rings. The summed E-state index contributed by atoms with van der Waals surface area (Å²) < 4.78 is 1.08. The van der Waals surface area contributed by atoms with Crippen LogP contribution in [0.1, 0.15) is 17.0 Å². The molecule has 0 unspecified atom stereocenters. The minimum atomic E-state index is 0.734. The van der Waals surface area contributed by atoms with Gasteiger partial charge in [0.05, 0.1) is 18.6 Å². The molecule has 0 bridgehead atoms. The van der Waals surface area contributed by atoms with Crippen molar-refractivity contribution in [1.29, 1.82) is 0 Å². The highest BCUT2D eigenvalue weighted by Crippen LogP contribution is 2.23. The monoisotopic (exact) mass is 279 g/mol. The van der Waals surface area contributed by atoms with Crippen LogP contribution in [0, 0.1) is 13.8 Å². The summed E-state index contributed by atoms with van der Waals surface area (Å²) in [5.74, 6) is 0. The second-order valence-electron chi connectivity index (χ2n) is 3.81. The van der Waals surface area contributed by atoms with Crippen molar-refractivity contribution in [3.8, 4) is 0 Å². The number of hydrogen-bond acceptors (Lipinski definition) is 2. The number of hydrogen-bond donors (Lipinski definition) is 2. The molecule has 0 aliphatic rings. The Hall–Kier alpha value is -1.29. The number of H-pyrrole nitrogens is 1. The van der Waals surface area contributed by atoms with E-state index in [0.29, 0.717) is 0 Å². The van der Waals surface area contributed by atoms with Gasteiger partial charge < -0.3 is 10.3 Å². The molecular weight excluding hydrogens is 266 g/mol. The van der Waals surface area contributed by atoms with Gasteiger partial charge in [0.15, 0.2) is 0 Å². The third-order valence-electron chi connectivity index (χ3n) is 2.50. The normalized spacial score (nSPS) is 10.4. The highest BCUT2D eigenvalue weighted by Gasteiger charge is 2.03. The van der Waals surface area contributed by atoms with E-state index in [1.54, 1.807) is 6.33 Å². The first kappa shape index (κ1) is 11.2. The molecule has 1 aromatic carbocycles. The Morgan fingerprint density at radius 1 is 1.38 bits per heavy atom. The molecule has 0 spiro atoms. The maximum Gasteiger partial charge on any atom is 0.0925 e. The summed E-state index contributed by atoms with van der Waals surface area (Å²) in [6.07, 6.45) is 1.72. The Kier molecular flexibility index (Phi) is 3.29. The van der Waals surface area contributed by atoms with Crippen molar-refractivity contribution in [2.45, 2.75) is 20.4 Å². The molecule has 1 aromatic heterocycles. The second-order valence-corrected chi connectivity index (χ2v) is 4.67. The average molecular weight is 280 g/mol. The van der Waals surface area contributed by atoms with Crippen molar-refractivity contribution >= 4 is 21.6 Å². The van der Waals surface area contributed by atoms with Crippen LogP contribution in [0.25, 0.3) is 0 Å². The average Bonchev–Trinajstić information content (AvgIpc) is 2.66. The lowest BCUT2D eigenvalue weighted by Crippen LogP contribution is -2.02. The first-order chi connectivity index (χ1) is 7.66. The Morgan fingerprint density at radius 3 is 2.88 bits per heavy atom. The number of rotatable bonds is 3. The molecule has 0 aliphatic carbocycles. The molecule has 84 valence electrons. The van der Waals surface area contributed by atoms with Gasteiger partial charge in [0.1, 0.15) is 0 Å². The quantitative estimate of drug-likeness (QED) is 0.904. The Bertz CT molecular complexity index is 491. The third kappa shape index (κ3) is 2.44. The van der Waals surface area contributed by atoms with Crippen LogP contribution in [0.5, 0.6) is 0 Å². The second kappa shape index (κ2) is 4.70. The van der Waals surface area contributed by atoms with E-state index in [1.165, 1.54) is 5.56 Å². The van der Waals surface area contributed by atoms with Gasteiger partial charge in [0.25, 0.3) is 0 Å². The molecule has 2 rings (SSSR count). The number of imidazole rings is 1. The molecular formula is C12H14BrN3. The summed E-state index contributed by atoms with van der Waals surface area (Å²) in [4.78, 5) is 7.32. The van der Waals surface area contributed by atoms with Crippen LogP contribution in [0.3, 0.4) is 0 Å². The van der Waals surface area contributed by atoms with Crippen LogP contribution in [-0.4, -0.2) is 9.97 Å². The van der Waals surface area contributed by atoms with Crippen LogP contribution in [0.15, 0.2) is 29.0 Å². The van der Waals surface area contributed by atoms with Crippen molar-refractivity contribution in [3.63, 3.8) is 0 Å². The molecule has 2 N–H and O–H groups in total. The zero-order valence-corrected chi connectivity index (χ0v) is 10.9. The van der Waals surface area contributed by atoms with Crippen molar-refractivity contribution < 1.29 is 0 Å². The highest BCUT2D eigenvalue weighted by molar-refractivity contribution is 9.10. The summed E-state index contributed by atoms with van der Waals surface area (Å²) in [5.41, 5.74) is 4.50. The van der Waals surface area contributed by atoms with E-state index < -0.39 is 0 Å². The van der Waals surface area contributed by atoms with E-state index in [1.807, 2.05) is 6.92 Å². The summed E-state index contributed by atoms with van der Waals surface area (Å²) >= 11 is 3.52. The topological polar surface area (TPSA) is 40.7 Å². The van der Waals surface area contributed by atoms with Gasteiger partial charge in [-0.1, -0.05) is 6.07 Å². The van der Waals surface area contributed by atoms with Gasteiger partial charge in [-0.05, 0) is 47.5 Å². The predicted molar refractivity (Wildman–Crippen MR) is 69.5 cm³/mol. The molecule has 0 radical (unpaired) electrons. The maximum atomic E-state index is 4.25. The lowest BCUT2D eigenvalue weighted by atomic mass is 10.2. The van der Waals surface area contributed by atoms with E-state index in [4.69, 9.17) is 0 Å². The Labute approximate surface area is 103 Å². The Morgan fingerprint density at radius 2 is 2.19 bits per heavy atom. The largest absolute Gasteiger partial charge is 0.378 e. The lowest BCUT2D eigenvalue weighted by molar-refractivity contribution is 1.05. The van der Waals surface area contributed by atoms with Gasteiger partial charge in [0, 0.05) is 15.9 Å². The zero-order valence-electron chi connectivity index (χ0n) is 9.34. The zero-order chi connectivity index (χ0) is 11.5. The number of halogens is 1. The summed E-state index contributed by atoms with van der Waals surface area (Å²) in [7, 11) is 0. The number of nitrogens with one attached hydrogen (secondary N) is 2. The Balaban J connectivity index is 2.10. The minimum absolute atomic E-state index is 0.734. The van der Waals surface area contributed by atoms with Crippen LogP contribution in [0.2, 0.25) is 0 Å². The van der Waals surface area contributed by atoms with Crippen molar-refractivity contribution in [3.05, 3.63) is 46.0 Å². The van der Waals surface area contributed by atoms with E-state index in [9.17, 15) is 0 Å². The first-order valence-electron chi connectivity index (χ1n) is 5.15. The van der Waals surface area contributed by atoms with Crippen LogP contribution in [-0.2, 0) is 6.54 Å². The van der Waals surface area contributed by atoms with E-state index >= 15 is 0 Å². The fourth-order valence-electron chi connectivity index (χ4n) is 1.52. The molecule has 0 saturated carbocycles. The number of aromatic nitrogens is 2. The summed E-state index contributed by atoms with van der Waals surface area (Å²) in [5, 5.41) is 3.37. The molecule has 4 heteroatoms. The van der Waals surface area contributed by atoms with Gasteiger partial charge in [-0.2, -0.15) is 0 Å². The molecule has 0 atom stereocenters. The van der Waals surface area contributed by atoms with Gasteiger partial charge in [-0.3, -0.25) is 0 Å². The van der Waals surface area contributed by atoms with Gasteiger partial charge in [-0.15, -0.1) is 0 Å². The van der Waals surface area contributed by atoms with E-state index in [0.717, 1.165) is 28.1 Å². The number of nitrogens with zero attached hydrogens (tertiary/aromatic N) is 1. The van der Waals surface area contributed by atoms with Gasteiger partial charge in [0.2, 0.25) is 0 Å². The molecule has 0 aliphatic heterocycles. The molecule has 16 heavy (non-hydrogen) atoms. The first-order valence-corrected chi connectivity index (χ1v) is 5.95. The maximum absolute atomic E-state index is 4.25. The van der Waals surface area contributed by atoms with Gasteiger partial charge >= 0.3 is 0 Å². The van der Waals surface area contributed by atoms with E-state index in [2.05, 4.69) is 56.3 Å². The fourth-order valence-corrected chi connectivity index (χ4v) is 1.91. The smallest absolute Gasteiger partial charge is 0.0925 e. The van der Waals surface area contributed by atoms with Crippen LogP contribution < -0.4 is 5.32 Å². The van der Waals surface area contributed by atoms with Crippen LogP contribution in [0.4, 0.5) is 5.69 Å². The molecule has 0 amide bonds. The lowest BCUT2D eigenvalue weighted by Gasteiger charge is -2.08. The van der Waals surface area contributed by atoms with Crippen molar-refractivity contribution in [2.24, 2.45) is 0 Å². The number of benzene rings is 1. The van der Waals surface area contributed by atoms with E-state index in [-0.39, 0.29) is 0 Å². The molecule has 1 heterocycles. The number of aromatic amines is 1. The van der Waals surface area contributed by atoms with Gasteiger partial charge in [-0.25, -0.2) is 4.98 Å². The summed E-state index contributed by atoms with van der Waals surface area (Å²) in [6.45, 7) is 4.84. The molecule has 3 nitrogen and oxygen atoms in total. The molecule has 0 fully saturated rings. The molecule has 0 saturated heterocycles. The third-order valence-corrected chi connectivity index (χ3v) is 3.19. The SMILES string of the molecule is Cc1ccc(Br)c(NCc2nc[nH]c2C)c1. The highest BCUT2D eigenvalue weighted by atomic mass is 79.9. The number of anilines is 1. The van der Waals surface area contributed by atoms with Crippen molar-refractivity contribution in [2.75, 3.05) is 5.32 Å². The van der Waals surface area contributed by atoms with Crippen LogP contribution >= 0.6 is 15.9 Å². The fraction of sp³-hybridized carbons (Fsp3) is 0.250. The standard InChI is InChI=1S/C12H14BrN3/c1-8-3-4-10(13)11(5-8)14-6-12-9(2)15-7-16-12/h3-5,7,14H,6H2,1-2H3,(H,15,16). The number of aryl methyl sites for hydroxylation is 2. The predicted octanol–water partition coefficient (Wildman–Crippen LogP) is 3.40. The summed E-state index contributed by atoms with van der Waals surface area (Å²) in [6, 6.07) is 6.25.